The average Bonchev–Trinajstić information content (AvgIpc) is 3.46. The molecule has 5 rings (SSSR count). The molecule has 1 N–H and O–H groups in total. The topological polar surface area (TPSA) is 100 Å². The van der Waals surface area contributed by atoms with Crippen LogP contribution in [-0.4, -0.2) is 34.1 Å². The van der Waals surface area contributed by atoms with Gasteiger partial charge >= 0.3 is 5.97 Å². The minimum absolute atomic E-state index is 0.0289. The van der Waals surface area contributed by atoms with Gasteiger partial charge in [0, 0.05) is 5.56 Å². The number of nitrogens with zero attached hydrogens (tertiary/aromatic N) is 2. The molecule has 0 radical (unpaired) electrons. The molecule has 8 heteroatoms. The summed E-state index contributed by atoms with van der Waals surface area (Å²) >= 11 is 5.89. The number of carboxylic acids is 1. The van der Waals surface area contributed by atoms with Crippen LogP contribution in [0.2, 0.25) is 5.02 Å². The van der Waals surface area contributed by atoms with E-state index in [0.717, 1.165) is 11.4 Å². The summed E-state index contributed by atoms with van der Waals surface area (Å²) in [5.41, 5.74) is 0.510. The number of imide groups is 1. The minimum atomic E-state index is -1.13. The van der Waals surface area contributed by atoms with Crippen LogP contribution in [0.4, 0.5) is 0 Å². The Balaban J connectivity index is 1.37. The van der Waals surface area contributed by atoms with Crippen LogP contribution in [0.1, 0.15) is 22.5 Å². The van der Waals surface area contributed by atoms with Crippen molar-refractivity contribution in [1.82, 2.24) is 5.01 Å². The second-order valence-electron chi connectivity index (χ2n) is 7.43. The van der Waals surface area contributed by atoms with E-state index in [9.17, 15) is 19.5 Å². The van der Waals surface area contributed by atoms with Gasteiger partial charge in [-0.05, 0) is 48.6 Å². The Labute approximate surface area is 170 Å². The summed E-state index contributed by atoms with van der Waals surface area (Å²) in [6, 6.07) is 7.83. The van der Waals surface area contributed by atoms with E-state index in [4.69, 9.17) is 16.0 Å². The van der Waals surface area contributed by atoms with Gasteiger partial charge in [-0.2, -0.15) is 10.1 Å². The number of benzene rings is 1. The number of hydrogen-bond donors (Lipinski definition) is 1. The van der Waals surface area contributed by atoms with Crippen LogP contribution in [-0.2, 0) is 9.59 Å². The van der Waals surface area contributed by atoms with E-state index in [2.05, 4.69) is 5.10 Å². The molecule has 1 aromatic carbocycles. The van der Waals surface area contributed by atoms with Crippen LogP contribution in [0, 0.1) is 23.7 Å². The highest BCUT2D eigenvalue weighted by Crippen LogP contribution is 2.52. The van der Waals surface area contributed by atoms with Gasteiger partial charge in [-0.3, -0.25) is 9.59 Å². The molecule has 1 saturated heterocycles. The van der Waals surface area contributed by atoms with Gasteiger partial charge in [0.2, 0.25) is 0 Å². The Bertz CT molecular complexity index is 1090. The average molecular weight is 411 g/mol. The highest BCUT2D eigenvalue weighted by molar-refractivity contribution is 6.33. The molecule has 1 aliphatic heterocycles. The third kappa shape index (κ3) is 2.73. The first-order valence-electron chi connectivity index (χ1n) is 9.17. The molecule has 2 aliphatic carbocycles. The molecular weight excluding hydrogens is 396 g/mol. The number of carboxylic acid groups (broad SMARTS) is 1. The van der Waals surface area contributed by atoms with Gasteiger partial charge in [0.1, 0.15) is 11.5 Å². The number of furan rings is 1. The molecular formula is C21H15ClN2O5. The zero-order valence-electron chi connectivity index (χ0n) is 15.0. The number of halogens is 1. The molecule has 2 heterocycles. The molecule has 29 heavy (non-hydrogen) atoms. The lowest BCUT2D eigenvalue weighted by molar-refractivity contribution is -0.140. The van der Waals surface area contributed by atoms with Crippen molar-refractivity contribution >= 4 is 35.6 Å². The maximum Gasteiger partial charge on any atom is 0.337 e. The second kappa shape index (κ2) is 6.42. The quantitative estimate of drug-likeness (QED) is 0.472. The van der Waals surface area contributed by atoms with E-state index >= 15 is 0 Å². The van der Waals surface area contributed by atoms with Crippen molar-refractivity contribution in [3.8, 4) is 11.3 Å². The Kier molecular flexibility index (Phi) is 3.96. The molecule has 2 fully saturated rings. The third-order valence-electron chi connectivity index (χ3n) is 5.86. The fourth-order valence-electron chi connectivity index (χ4n) is 4.53. The van der Waals surface area contributed by atoms with Gasteiger partial charge in [-0.25, -0.2) is 4.79 Å². The summed E-state index contributed by atoms with van der Waals surface area (Å²) < 4.78 is 5.68. The number of fused-ring (bicyclic) bond motifs is 5. The highest BCUT2D eigenvalue weighted by Gasteiger charge is 2.59. The van der Waals surface area contributed by atoms with Gasteiger partial charge in [0.25, 0.3) is 11.8 Å². The zero-order valence-corrected chi connectivity index (χ0v) is 15.7. The van der Waals surface area contributed by atoms with Crippen molar-refractivity contribution in [2.24, 2.45) is 28.8 Å². The summed E-state index contributed by atoms with van der Waals surface area (Å²) in [4.78, 5) is 36.5. The lowest BCUT2D eigenvalue weighted by Gasteiger charge is -2.13. The molecule has 4 atom stereocenters. The van der Waals surface area contributed by atoms with E-state index in [1.807, 2.05) is 12.2 Å². The Hall–Kier alpha value is -3.19. The Morgan fingerprint density at radius 2 is 1.83 bits per heavy atom. The molecule has 3 aliphatic rings. The van der Waals surface area contributed by atoms with Crippen molar-refractivity contribution < 1.29 is 23.9 Å². The summed E-state index contributed by atoms with van der Waals surface area (Å²) in [5.74, 6) is -1.24. The molecule has 7 nitrogen and oxygen atoms in total. The van der Waals surface area contributed by atoms with Gasteiger partial charge in [-0.15, -0.1) is 0 Å². The lowest BCUT2D eigenvalue weighted by Crippen LogP contribution is -2.28. The summed E-state index contributed by atoms with van der Waals surface area (Å²) in [6.07, 6.45) is 6.25. The van der Waals surface area contributed by atoms with Crippen molar-refractivity contribution in [2.75, 3.05) is 0 Å². The predicted molar refractivity (Wildman–Crippen MR) is 103 cm³/mol. The predicted octanol–water partition coefficient (Wildman–Crippen LogP) is 3.44. The lowest BCUT2D eigenvalue weighted by atomic mass is 9.85. The maximum atomic E-state index is 12.6. The summed E-state index contributed by atoms with van der Waals surface area (Å²) in [7, 11) is 0. The van der Waals surface area contributed by atoms with Crippen molar-refractivity contribution in [2.45, 2.75) is 6.42 Å². The van der Waals surface area contributed by atoms with Gasteiger partial charge in [0.05, 0.1) is 28.6 Å². The first-order chi connectivity index (χ1) is 13.9. The second-order valence-corrected chi connectivity index (χ2v) is 7.84. The number of rotatable bonds is 4. The normalized spacial score (nSPS) is 27.4. The van der Waals surface area contributed by atoms with Crippen LogP contribution in [0.15, 0.2) is 52.0 Å². The highest BCUT2D eigenvalue weighted by atomic mass is 35.5. The number of hydrazone groups is 1. The summed E-state index contributed by atoms with van der Waals surface area (Å²) in [6.45, 7) is 0. The molecule has 2 aromatic rings. The summed E-state index contributed by atoms with van der Waals surface area (Å²) in [5, 5.41) is 14.4. The molecule has 1 aromatic heterocycles. The molecule has 2 bridgehead atoms. The van der Waals surface area contributed by atoms with Crippen LogP contribution in [0.5, 0.6) is 0 Å². The van der Waals surface area contributed by atoms with Gasteiger partial charge in [-0.1, -0.05) is 23.8 Å². The van der Waals surface area contributed by atoms with Crippen molar-refractivity contribution in [1.29, 1.82) is 0 Å². The fraction of sp³-hybridized carbons (Fsp3) is 0.238. The van der Waals surface area contributed by atoms with Crippen LogP contribution in [0.3, 0.4) is 0 Å². The molecule has 1 saturated carbocycles. The fourth-order valence-corrected chi connectivity index (χ4v) is 4.73. The smallest absolute Gasteiger partial charge is 0.337 e. The first kappa shape index (κ1) is 17.9. The van der Waals surface area contributed by atoms with Crippen molar-refractivity contribution in [3.63, 3.8) is 0 Å². The number of carbonyl (C=O) groups is 3. The maximum absolute atomic E-state index is 12.6. The van der Waals surface area contributed by atoms with Crippen LogP contribution in [0.25, 0.3) is 11.3 Å². The molecule has 0 unspecified atom stereocenters. The Morgan fingerprint density at radius 3 is 2.48 bits per heavy atom. The largest absolute Gasteiger partial charge is 0.478 e. The van der Waals surface area contributed by atoms with Crippen molar-refractivity contribution in [3.05, 3.63) is 58.8 Å². The first-order valence-corrected chi connectivity index (χ1v) is 9.55. The Morgan fingerprint density at radius 1 is 1.14 bits per heavy atom. The zero-order chi connectivity index (χ0) is 20.3. The monoisotopic (exact) mass is 410 g/mol. The van der Waals surface area contributed by atoms with E-state index in [-0.39, 0.29) is 46.1 Å². The van der Waals surface area contributed by atoms with Gasteiger partial charge in [0.15, 0.2) is 0 Å². The van der Waals surface area contributed by atoms with E-state index in [1.54, 1.807) is 18.2 Å². The van der Waals surface area contributed by atoms with E-state index < -0.39 is 5.97 Å². The van der Waals surface area contributed by atoms with Gasteiger partial charge < -0.3 is 9.52 Å². The molecule has 0 spiro atoms. The third-order valence-corrected chi connectivity index (χ3v) is 6.19. The number of aromatic carboxylic acids is 1. The number of carbonyl (C=O) groups excluding carboxylic acids is 2. The number of hydrogen-bond acceptors (Lipinski definition) is 5. The minimum Gasteiger partial charge on any atom is -0.478 e. The SMILES string of the molecule is O=C(O)c1cc(-c2ccc(/C=N\N3C(=O)[C@H]4[C@H](C3=O)[C@H]3C=C[C@H]4C3)o2)ccc1Cl. The standard InChI is InChI=1S/C21H15ClN2O5/c22-15-5-3-10(8-14(15)21(27)28)16-6-4-13(29-16)9-23-24-19(25)17-11-1-2-12(7-11)18(17)20(24)26/h1-6,8-9,11-12,17-18H,7H2,(H,27,28)/b23-9-/t11-,12-,17+,18+/m0/s1. The molecule has 2 amide bonds. The molecule has 146 valence electrons. The number of allylic oxidation sites excluding steroid dienone is 2. The van der Waals surface area contributed by atoms with E-state index in [1.165, 1.54) is 18.3 Å². The van der Waals surface area contributed by atoms with E-state index in [0.29, 0.717) is 17.1 Å². The van der Waals surface area contributed by atoms with Crippen LogP contribution < -0.4 is 0 Å². The number of amides is 2. The van der Waals surface area contributed by atoms with Crippen LogP contribution >= 0.6 is 11.6 Å².